The van der Waals surface area contributed by atoms with Crippen molar-refractivity contribution >= 4 is 11.3 Å². The van der Waals surface area contributed by atoms with Gasteiger partial charge >= 0.3 is 0 Å². The van der Waals surface area contributed by atoms with Gasteiger partial charge < -0.3 is 10.1 Å². The number of likely N-dealkylation sites (N-methyl/N-ethyl adjacent to an activating group) is 1. The third-order valence-electron chi connectivity index (χ3n) is 5.24. The van der Waals surface area contributed by atoms with Crippen LogP contribution in [-0.2, 0) is 11.2 Å². The first-order chi connectivity index (χ1) is 10.0. The van der Waals surface area contributed by atoms with Crippen LogP contribution in [0.3, 0.4) is 0 Å². The van der Waals surface area contributed by atoms with Gasteiger partial charge in [-0.2, -0.15) is 11.3 Å². The Bertz CT molecular complexity index is 403. The Labute approximate surface area is 134 Å². The number of thiophene rings is 1. The highest BCUT2D eigenvalue weighted by Gasteiger charge is 2.43. The summed E-state index contributed by atoms with van der Waals surface area (Å²) >= 11 is 1.79. The number of ether oxygens (including phenoxy) is 1. The molecule has 2 nitrogen and oxygen atoms in total. The summed E-state index contributed by atoms with van der Waals surface area (Å²) in [4.78, 5) is 0. The van der Waals surface area contributed by atoms with E-state index in [0.29, 0.717) is 11.5 Å². The predicted molar refractivity (Wildman–Crippen MR) is 92.1 cm³/mol. The number of rotatable bonds is 7. The van der Waals surface area contributed by atoms with Gasteiger partial charge in [0.05, 0.1) is 5.60 Å². The van der Waals surface area contributed by atoms with Gasteiger partial charge in [-0.1, -0.05) is 20.8 Å². The SMILES string of the molecule is CCNC(CCc1ccsc1)C1(OC)CCC(C)(C)CC1. The molecule has 3 heteroatoms. The Morgan fingerprint density at radius 3 is 2.52 bits per heavy atom. The van der Waals surface area contributed by atoms with Crippen molar-refractivity contribution in [2.45, 2.75) is 70.9 Å². The number of hydrogen-bond donors (Lipinski definition) is 1. The Kier molecular flexibility index (Phi) is 5.87. The van der Waals surface area contributed by atoms with Crippen molar-refractivity contribution in [2.75, 3.05) is 13.7 Å². The molecule has 2 rings (SSSR count). The van der Waals surface area contributed by atoms with Crippen molar-refractivity contribution in [1.82, 2.24) is 5.32 Å². The smallest absolute Gasteiger partial charge is 0.0831 e. The number of methoxy groups -OCH3 is 1. The molecule has 0 bridgehead atoms. The second-order valence-corrected chi connectivity index (χ2v) is 7.99. The van der Waals surface area contributed by atoms with E-state index in [1.807, 2.05) is 7.11 Å². The minimum atomic E-state index is 0.0293. The van der Waals surface area contributed by atoms with Gasteiger partial charge in [0.25, 0.3) is 0 Å². The molecule has 0 radical (unpaired) electrons. The molecule has 120 valence electrons. The molecular formula is C18H31NOS. The molecule has 1 N–H and O–H groups in total. The lowest BCUT2D eigenvalue weighted by Gasteiger charge is -2.47. The van der Waals surface area contributed by atoms with E-state index in [1.54, 1.807) is 11.3 Å². The number of aryl methyl sites for hydroxylation is 1. The van der Waals surface area contributed by atoms with Gasteiger partial charge in [0.1, 0.15) is 0 Å². The van der Waals surface area contributed by atoms with Gasteiger partial charge in [0.15, 0.2) is 0 Å². The molecule has 1 heterocycles. The van der Waals surface area contributed by atoms with Crippen molar-refractivity contribution in [3.8, 4) is 0 Å². The Morgan fingerprint density at radius 2 is 2.00 bits per heavy atom. The van der Waals surface area contributed by atoms with E-state index in [4.69, 9.17) is 4.74 Å². The molecule has 1 aliphatic rings. The van der Waals surface area contributed by atoms with Crippen molar-refractivity contribution in [3.05, 3.63) is 22.4 Å². The maximum absolute atomic E-state index is 6.10. The average Bonchev–Trinajstić information content (AvgIpc) is 2.98. The molecule has 1 unspecified atom stereocenters. The monoisotopic (exact) mass is 309 g/mol. The number of hydrogen-bond acceptors (Lipinski definition) is 3. The highest BCUT2D eigenvalue weighted by molar-refractivity contribution is 7.07. The predicted octanol–water partition coefficient (Wildman–Crippen LogP) is 4.64. The van der Waals surface area contributed by atoms with Crippen molar-refractivity contribution in [2.24, 2.45) is 5.41 Å². The average molecular weight is 310 g/mol. The Morgan fingerprint density at radius 1 is 1.29 bits per heavy atom. The standard InChI is InChI=1S/C18H31NOS/c1-5-19-16(7-6-15-8-13-21-14-15)18(20-4)11-9-17(2,3)10-12-18/h8,13-14,16,19H,5-7,9-12H2,1-4H3. The fourth-order valence-corrected chi connectivity index (χ4v) is 4.29. The van der Waals surface area contributed by atoms with Crippen LogP contribution in [0.15, 0.2) is 16.8 Å². The Balaban J connectivity index is 2.03. The van der Waals surface area contributed by atoms with Crippen LogP contribution in [0, 0.1) is 5.41 Å². The molecular weight excluding hydrogens is 278 g/mol. The van der Waals surface area contributed by atoms with Crippen molar-refractivity contribution in [1.29, 1.82) is 0 Å². The van der Waals surface area contributed by atoms with E-state index < -0.39 is 0 Å². The third kappa shape index (κ3) is 4.30. The van der Waals surface area contributed by atoms with Crippen molar-refractivity contribution < 1.29 is 4.74 Å². The summed E-state index contributed by atoms with van der Waals surface area (Å²) in [5, 5.41) is 8.16. The molecule has 0 spiro atoms. The molecule has 0 aromatic carbocycles. The second-order valence-electron chi connectivity index (χ2n) is 7.21. The highest BCUT2D eigenvalue weighted by Crippen LogP contribution is 2.44. The van der Waals surface area contributed by atoms with E-state index in [0.717, 1.165) is 13.0 Å². The van der Waals surface area contributed by atoms with E-state index in [1.165, 1.54) is 37.7 Å². The zero-order valence-corrected chi connectivity index (χ0v) is 14.9. The van der Waals surface area contributed by atoms with E-state index in [9.17, 15) is 0 Å². The molecule has 1 aliphatic carbocycles. The first kappa shape index (κ1) is 17.0. The van der Waals surface area contributed by atoms with Crippen LogP contribution in [-0.4, -0.2) is 25.3 Å². The van der Waals surface area contributed by atoms with Gasteiger partial charge in [0.2, 0.25) is 0 Å². The lowest BCUT2D eigenvalue weighted by atomic mass is 9.67. The summed E-state index contributed by atoms with van der Waals surface area (Å²) in [6.07, 6.45) is 7.20. The summed E-state index contributed by atoms with van der Waals surface area (Å²) in [7, 11) is 1.91. The quantitative estimate of drug-likeness (QED) is 0.792. The molecule has 1 fully saturated rings. The van der Waals surface area contributed by atoms with Crippen LogP contribution in [0.1, 0.15) is 58.4 Å². The number of nitrogens with one attached hydrogen (secondary N) is 1. The first-order valence-corrected chi connectivity index (χ1v) is 9.25. The van der Waals surface area contributed by atoms with Crippen molar-refractivity contribution in [3.63, 3.8) is 0 Å². The van der Waals surface area contributed by atoms with Gasteiger partial charge in [-0.05, 0) is 72.9 Å². The summed E-state index contributed by atoms with van der Waals surface area (Å²) in [5.74, 6) is 0. The summed E-state index contributed by atoms with van der Waals surface area (Å²) < 4.78 is 6.10. The zero-order valence-electron chi connectivity index (χ0n) is 14.1. The fraction of sp³-hybridized carbons (Fsp3) is 0.778. The van der Waals surface area contributed by atoms with Gasteiger partial charge in [-0.15, -0.1) is 0 Å². The van der Waals surface area contributed by atoms with E-state index in [-0.39, 0.29) is 5.60 Å². The van der Waals surface area contributed by atoms with Gasteiger partial charge in [-0.3, -0.25) is 0 Å². The normalized spacial score (nSPS) is 22.1. The third-order valence-corrected chi connectivity index (χ3v) is 5.98. The second kappa shape index (κ2) is 7.26. The van der Waals surface area contributed by atoms with Gasteiger partial charge in [-0.25, -0.2) is 0 Å². The summed E-state index contributed by atoms with van der Waals surface area (Å²) in [5.41, 5.74) is 1.97. The molecule has 0 aliphatic heterocycles. The fourth-order valence-electron chi connectivity index (χ4n) is 3.59. The largest absolute Gasteiger partial charge is 0.377 e. The topological polar surface area (TPSA) is 21.3 Å². The lowest BCUT2D eigenvalue weighted by Crippen LogP contribution is -2.54. The molecule has 1 aromatic rings. The van der Waals surface area contributed by atoms with Crippen LogP contribution in [0.5, 0.6) is 0 Å². The van der Waals surface area contributed by atoms with E-state index in [2.05, 4.69) is 42.9 Å². The minimum Gasteiger partial charge on any atom is -0.377 e. The highest BCUT2D eigenvalue weighted by atomic mass is 32.1. The first-order valence-electron chi connectivity index (χ1n) is 8.31. The molecule has 1 aromatic heterocycles. The molecule has 1 atom stereocenters. The molecule has 0 saturated heterocycles. The molecule has 1 saturated carbocycles. The Hall–Kier alpha value is -0.380. The van der Waals surface area contributed by atoms with Crippen LogP contribution in [0.25, 0.3) is 0 Å². The zero-order chi connectivity index (χ0) is 15.3. The van der Waals surface area contributed by atoms with Crippen LogP contribution >= 0.6 is 11.3 Å². The summed E-state index contributed by atoms with van der Waals surface area (Å²) in [6, 6.07) is 2.71. The minimum absolute atomic E-state index is 0.0293. The van der Waals surface area contributed by atoms with Crippen LogP contribution in [0.2, 0.25) is 0 Å². The lowest BCUT2D eigenvalue weighted by molar-refractivity contribution is -0.0875. The van der Waals surface area contributed by atoms with Gasteiger partial charge in [0, 0.05) is 13.2 Å². The van der Waals surface area contributed by atoms with Crippen LogP contribution in [0.4, 0.5) is 0 Å². The maximum atomic E-state index is 6.10. The maximum Gasteiger partial charge on any atom is 0.0831 e. The molecule has 21 heavy (non-hydrogen) atoms. The molecule has 0 amide bonds. The van der Waals surface area contributed by atoms with Crippen LogP contribution < -0.4 is 5.32 Å². The summed E-state index contributed by atoms with van der Waals surface area (Å²) in [6.45, 7) is 8.00. The van der Waals surface area contributed by atoms with E-state index >= 15 is 0 Å².